The van der Waals surface area contributed by atoms with E-state index in [-0.39, 0.29) is 11.4 Å². The third kappa shape index (κ3) is 5.78. The standard InChI is InChI=1S/C30H21Cl2N3O3/c31-24-11-12-25(26(32)15-24)27-18-35(17-20-3-8-22(9-4-20)30(37)38)28(34-27)13-5-19-1-6-21(7-2-19)23-10-14-29(36)33-16-23/h1-16,18H,17H2,(H,33,36)(H,37,38)/b13-5+. The molecule has 0 fully saturated rings. The number of rotatable bonds is 7. The molecule has 6 nitrogen and oxygen atoms in total. The van der Waals surface area contributed by atoms with Gasteiger partial charge >= 0.3 is 5.97 Å². The van der Waals surface area contributed by atoms with Crippen LogP contribution < -0.4 is 0 Å². The fourth-order valence-electron chi connectivity index (χ4n) is 3.98. The Hall–Kier alpha value is -4.39. The molecule has 5 aromatic rings. The zero-order chi connectivity index (χ0) is 26.6. The number of aromatic hydroxyl groups is 1. The Kier molecular flexibility index (Phi) is 7.26. The summed E-state index contributed by atoms with van der Waals surface area (Å²) >= 11 is 12.5. The first-order chi connectivity index (χ1) is 18.4. The Labute approximate surface area is 229 Å². The summed E-state index contributed by atoms with van der Waals surface area (Å²) in [4.78, 5) is 20.0. The van der Waals surface area contributed by atoms with Crippen molar-refractivity contribution in [1.82, 2.24) is 14.5 Å². The van der Waals surface area contributed by atoms with Crippen LogP contribution in [0.1, 0.15) is 27.3 Å². The minimum absolute atomic E-state index is 0.0131. The van der Waals surface area contributed by atoms with Crippen LogP contribution in [0.25, 0.3) is 34.5 Å². The van der Waals surface area contributed by atoms with E-state index in [1.807, 2.05) is 59.3 Å². The predicted octanol–water partition coefficient (Wildman–Crippen LogP) is 7.54. The van der Waals surface area contributed by atoms with Gasteiger partial charge in [-0.25, -0.2) is 14.8 Å². The lowest BCUT2D eigenvalue weighted by Gasteiger charge is -2.06. The third-order valence-corrected chi connectivity index (χ3v) is 6.53. The third-order valence-electron chi connectivity index (χ3n) is 5.99. The van der Waals surface area contributed by atoms with E-state index in [4.69, 9.17) is 28.2 Å². The molecule has 0 aliphatic carbocycles. The summed E-state index contributed by atoms with van der Waals surface area (Å²) in [5.74, 6) is -0.267. The van der Waals surface area contributed by atoms with Crippen LogP contribution in [0.2, 0.25) is 10.0 Å². The smallest absolute Gasteiger partial charge is 0.335 e. The lowest BCUT2D eigenvalue weighted by Crippen LogP contribution is -2.02. The number of carbonyl (C=O) groups is 1. The average molecular weight is 542 g/mol. The molecule has 0 bridgehead atoms. The first kappa shape index (κ1) is 25.3. The van der Waals surface area contributed by atoms with Gasteiger partial charge in [-0.2, -0.15) is 0 Å². The van der Waals surface area contributed by atoms with Crippen LogP contribution in [0.4, 0.5) is 0 Å². The van der Waals surface area contributed by atoms with Gasteiger partial charge in [0, 0.05) is 41.2 Å². The average Bonchev–Trinajstić information content (AvgIpc) is 3.30. The molecule has 5 rings (SSSR count). The fraction of sp³-hybridized carbons (Fsp3) is 0.0333. The number of benzene rings is 3. The molecule has 0 saturated carbocycles. The van der Waals surface area contributed by atoms with Gasteiger partial charge in [0.2, 0.25) is 5.88 Å². The van der Waals surface area contributed by atoms with Gasteiger partial charge < -0.3 is 14.8 Å². The molecule has 2 N–H and O–H groups in total. The largest absolute Gasteiger partial charge is 0.493 e. The van der Waals surface area contributed by atoms with Gasteiger partial charge in [-0.15, -0.1) is 0 Å². The number of aromatic nitrogens is 3. The zero-order valence-electron chi connectivity index (χ0n) is 19.9. The van der Waals surface area contributed by atoms with Crippen molar-refractivity contribution >= 4 is 41.3 Å². The number of pyridine rings is 1. The summed E-state index contributed by atoms with van der Waals surface area (Å²) in [6, 6.07) is 23.4. The molecule has 0 aliphatic heterocycles. The molecule has 2 aromatic heterocycles. The molecule has 0 spiro atoms. The number of imidazole rings is 1. The number of hydrogen-bond acceptors (Lipinski definition) is 4. The number of hydrogen-bond donors (Lipinski definition) is 2. The van der Waals surface area contributed by atoms with Gasteiger partial charge in [-0.1, -0.05) is 65.7 Å². The second-order valence-corrected chi connectivity index (χ2v) is 9.44. The molecule has 0 aliphatic rings. The lowest BCUT2D eigenvalue weighted by atomic mass is 10.1. The monoisotopic (exact) mass is 541 g/mol. The Morgan fingerprint density at radius 3 is 2.29 bits per heavy atom. The molecule has 188 valence electrons. The van der Waals surface area contributed by atoms with E-state index < -0.39 is 5.97 Å². The molecule has 2 heterocycles. The van der Waals surface area contributed by atoms with Gasteiger partial charge in [-0.3, -0.25) is 0 Å². The van der Waals surface area contributed by atoms with Crippen molar-refractivity contribution in [3.05, 3.63) is 124 Å². The van der Waals surface area contributed by atoms with Gasteiger partial charge in [-0.05, 0) is 59.2 Å². The molecule has 38 heavy (non-hydrogen) atoms. The highest BCUT2D eigenvalue weighted by atomic mass is 35.5. The first-order valence-corrected chi connectivity index (χ1v) is 12.4. The first-order valence-electron chi connectivity index (χ1n) is 11.6. The van der Waals surface area contributed by atoms with Crippen LogP contribution in [0.5, 0.6) is 5.88 Å². The Balaban J connectivity index is 1.45. The van der Waals surface area contributed by atoms with E-state index in [0.717, 1.165) is 27.8 Å². The van der Waals surface area contributed by atoms with Crippen molar-refractivity contribution in [2.24, 2.45) is 0 Å². The van der Waals surface area contributed by atoms with Gasteiger partial charge in [0.15, 0.2) is 0 Å². The molecule has 8 heteroatoms. The van der Waals surface area contributed by atoms with E-state index >= 15 is 0 Å². The summed E-state index contributed by atoms with van der Waals surface area (Å²) < 4.78 is 1.99. The van der Waals surface area contributed by atoms with Crippen LogP contribution in [-0.4, -0.2) is 30.7 Å². The second kappa shape index (κ2) is 10.9. The van der Waals surface area contributed by atoms with Crippen LogP contribution >= 0.6 is 23.2 Å². The molecular formula is C30H21Cl2N3O3. The van der Waals surface area contributed by atoms with Crippen molar-refractivity contribution in [1.29, 1.82) is 0 Å². The fourth-order valence-corrected chi connectivity index (χ4v) is 4.49. The van der Waals surface area contributed by atoms with Crippen molar-refractivity contribution in [3.63, 3.8) is 0 Å². The molecule has 0 unspecified atom stereocenters. The maximum atomic E-state index is 11.2. The SMILES string of the molecule is O=C(O)c1ccc(Cn2cc(-c3ccc(Cl)cc3Cl)nc2/C=C/c2ccc(-c3ccc(O)nc3)cc2)cc1. The van der Waals surface area contributed by atoms with E-state index in [2.05, 4.69) is 4.98 Å². The summed E-state index contributed by atoms with van der Waals surface area (Å²) in [5.41, 5.74) is 5.50. The van der Waals surface area contributed by atoms with Crippen molar-refractivity contribution < 1.29 is 15.0 Å². The zero-order valence-corrected chi connectivity index (χ0v) is 21.4. The predicted molar refractivity (Wildman–Crippen MR) is 150 cm³/mol. The molecular weight excluding hydrogens is 521 g/mol. The van der Waals surface area contributed by atoms with Crippen molar-refractivity contribution in [2.75, 3.05) is 0 Å². The van der Waals surface area contributed by atoms with E-state index in [9.17, 15) is 15.0 Å². The molecule has 0 saturated heterocycles. The van der Waals surface area contributed by atoms with Gasteiger partial charge in [0.1, 0.15) is 5.82 Å². The normalized spacial score (nSPS) is 11.2. The molecule has 0 atom stereocenters. The number of nitrogens with zero attached hydrogens (tertiary/aromatic N) is 3. The van der Waals surface area contributed by atoms with Crippen molar-refractivity contribution in [2.45, 2.75) is 6.54 Å². The second-order valence-electron chi connectivity index (χ2n) is 8.60. The van der Waals surface area contributed by atoms with Gasteiger partial charge in [0.05, 0.1) is 16.3 Å². The lowest BCUT2D eigenvalue weighted by molar-refractivity contribution is 0.0697. The van der Waals surface area contributed by atoms with E-state index in [1.54, 1.807) is 48.7 Å². The summed E-state index contributed by atoms with van der Waals surface area (Å²) in [5, 5.41) is 19.7. The molecule has 3 aromatic carbocycles. The van der Waals surface area contributed by atoms with Gasteiger partial charge in [0.25, 0.3) is 0 Å². The van der Waals surface area contributed by atoms with Crippen LogP contribution in [-0.2, 0) is 6.54 Å². The van der Waals surface area contributed by atoms with Crippen LogP contribution in [0.3, 0.4) is 0 Å². The van der Waals surface area contributed by atoms with Crippen LogP contribution in [0, 0.1) is 0 Å². The van der Waals surface area contributed by atoms with Crippen molar-refractivity contribution in [3.8, 4) is 28.3 Å². The summed E-state index contributed by atoms with van der Waals surface area (Å²) in [7, 11) is 0. The highest BCUT2D eigenvalue weighted by molar-refractivity contribution is 6.36. The minimum atomic E-state index is -0.963. The summed E-state index contributed by atoms with van der Waals surface area (Å²) in [6.07, 6.45) is 7.44. The summed E-state index contributed by atoms with van der Waals surface area (Å²) in [6.45, 7) is 0.491. The Morgan fingerprint density at radius 2 is 1.63 bits per heavy atom. The topological polar surface area (TPSA) is 88.2 Å². The van der Waals surface area contributed by atoms with Crippen LogP contribution in [0.15, 0.2) is 91.3 Å². The number of aromatic carboxylic acids is 1. The Morgan fingerprint density at radius 1 is 0.895 bits per heavy atom. The van der Waals surface area contributed by atoms with E-state index in [0.29, 0.717) is 28.1 Å². The Bertz CT molecular complexity index is 1630. The quantitative estimate of drug-likeness (QED) is 0.222. The number of carboxylic acid groups (broad SMARTS) is 1. The number of carboxylic acids is 1. The minimum Gasteiger partial charge on any atom is -0.493 e. The van der Waals surface area contributed by atoms with E-state index in [1.165, 1.54) is 0 Å². The maximum Gasteiger partial charge on any atom is 0.335 e. The maximum absolute atomic E-state index is 11.2. The number of halogens is 2. The highest BCUT2D eigenvalue weighted by Gasteiger charge is 2.12. The highest BCUT2D eigenvalue weighted by Crippen LogP contribution is 2.30. The molecule has 0 radical (unpaired) electrons. The molecule has 0 amide bonds.